The van der Waals surface area contributed by atoms with Crippen molar-refractivity contribution in [3.05, 3.63) is 77.2 Å². The van der Waals surface area contributed by atoms with Crippen molar-refractivity contribution in [1.29, 1.82) is 0 Å². The summed E-state index contributed by atoms with van der Waals surface area (Å²) >= 11 is 0. The van der Waals surface area contributed by atoms with Crippen molar-refractivity contribution in [3.63, 3.8) is 0 Å². The number of hydrogen-bond donors (Lipinski definition) is 1. The molecule has 2 aromatic rings. The lowest BCUT2D eigenvalue weighted by atomic mass is 10.1. The molecule has 144 valence electrons. The fourth-order valence-corrected chi connectivity index (χ4v) is 2.97. The average Bonchev–Trinajstić information content (AvgIpc) is 2.69. The molecule has 0 saturated carbocycles. The number of ether oxygens (including phenoxy) is 1. The molecule has 6 heteroatoms. The Morgan fingerprint density at radius 2 is 1.67 bits per heavy atom. The molecule has 0 aliphatic carbocycles. The average molecular weight is 391 g/mol. The number of hydrogen-bond acceptors (Lipinski definition) is 4. The third-order valence-corrected chi connectivity index (χ3v) is 4.41. The van der Waals surface area contributed by atoms with Gasteiger partial charge in [-0.15, -0.1) is 12.4 Å². The van der Waals surface area contributed by atoms with Gasteiger partial charge < -0.3 is 15.0 Å². The molecule has 3 rings (SSSR count). The maximum atomic E-state index is 12.9. The van der Waals surface area contributed by atoms with Crippen LogP contribution in [0.2, 0.25) is 0 Å². The topological polar surface area (TPSA) is 41.6 Å². The van der Waals surface area contributed by atoms with Crippen molar-refractivity contribution < 1.29 is 13.9 Å². The summed E-state index contributed by atoms with van der Waals surface area (Å²) < 4.78 is 18.6. The molecule has 0 spiro atoms. The molecule has 27 heavy (non-hydrogen) atoms. The van der Waals surface area contributed by atoms with Crippen LogP contribution in [0.4, 0.5) is 4.39 Å². The van der Waals surface area contributed by atoms with Crippen molar-refractivity contribution in [2.75, 3.05) is 26.2 Å². The third-order valence-electron chi connectivity index (χ3n) is 4.41. The lowest BCUT2D eigenvalue weighted by Gasteiger charge is -2.31. The minimum Gasteiger partial charge on any atom is -0.489 e. The first-order chi connectivity index (χ1) is 12.7. The molecule has 0 atom stereocenters. The number of carbonyl (C=O) groups excluding carboxylic acids is 1. The molecule has 1 saturated heterocycles. The predicted molar refractivity (Wildman–Crippen MR) is 107 cm³/mol. The second-order valence-corrected chi connectivity index (χ2v) is 6.27. The van der Waals surface area contributed by atoms with Crippen LogP contribution in [0.5, 0.6) is 5.75 Å². The van der Waals surface area contributed by atoms with E-state index in [1.165, 1.54) is 12.1 Å². The van der Waals surface area contributed by atoms with Crippen molar-refractivity contribution in [2.45, 2.75) is 13.0 Å². The normalized spacial score (nSPS) is 14.4. The monoisotopic (exact) mass is 390 g/mol. The second-order valence-electron chi connectivity index (χ2n) is 6.27. The molecule has 1 aliphatic heterocycles. The number of aldehydes is 1. The summed E-state index contributed by atoms with van der Waals surface area (Å²) in [6.07, 6.45) is 3.26. The number of nitrogens with zero attached hydrogens (tertiary/aromatic N) is 1. The van der Waals surface area contributed by atoms with Crippen LogP contribution in [-0.4, -0.2) is 37.4 Å². The Bertz CT molecular complexity index is 742. The lowest BCUT2D eigenvalue weighted by Crippen LogP contribution is -2.43. The van der Waals surface area contributed by atoms with Crippen LogP contribution in [0.1, 0.15) is 11.1 Å². The maximum absolute atomic E-state index is 12.9. The van der Waals surface area contributed by atoms with Gasteiger partial charge in [-0.05, 0) is 41.5 Å². The van der Waals surface area contributed by atoms with Crippen molar-refractivity contribution in [3.8, 4) is 5.75 Å². The van der Waals surface area contributed by atoms with E-state index >= 15 is 0 Å². The van der Waals surface area contributed by atoms with E-state index in [2.05, 4.69) is 22.3 Å². The van der Waals surface area contributed by atoms with Crippen LogP contribution in [-0.2, 0) is 17.8 Å². The smallest absolute Gasteiger partial charge is 0.144 e. The predicted octanol–water partition coefficient (Wildman–Crippen LogP) is 3.36. The van der Waals surface area contributed by atoms with Gasteiger partial charge in [-0.25, -0.2) is 4.39 Å². The van der Waals surface area contributed by atoms with Crippen LogP contribution in [0.15, 0.2) is 60.3 Å². The zero-order chi connectivity index (χ0) is 18.2. The van der Waals surface area contributed by atoms with E-state index in [1.54, 1.807) is 18.2 Å². The highest BCUT2D eigenvalue weighted by atomic mass is 35.5. The SMILES string of the molecule is Cl.O=CC=C(Cc1ccc(COc2ccc(F)cc2)cc1)N1CCNCC1. The number of carbonyl (C=O) groups is 1. The van der Waals surface area contributed by atoms with E-state index < -0.39 is 0 Å². The van der Waals surface area contributed by atoms with Crippen molar-refractivity contribution in [2.24, 2.45) is 0 Å². The Labute approximate surface area is 165 Å². The van der Waals surface area contributed by atoms with Crippen LogP contribution in [0.25, 0.3) is 0 Å². The molecule has 0 aromatic heterocycles. The van der Waals surface area contributed by atoms with E-state index in [9.17, 15) is 9.18 Å². The van der Waals surface area contributed by atoms with Crippen molar-refractivity contribution >= 4 is 18.7 Å². The van der Waals surface area contributed by atoms with Crippen LogP contribution in [0.3, 0.4) is 0 Å². The van der Waals surface area contributed by atoms with Crippen LogP contribution >= 0.6 is 12.4 Å². The van der Waals surface area contributed by atoms with Gasteiger partial charge >= 0.3 is 0 Å². The Morgan fingerprint density at radius 1 is 1.04 bits per heavy atom. The molecule has 0 amide bonds. The number of benzene rings is 2. The Hall–Kier alpha value is -2.37. The molecular formula is C21H24ClFN2O2. The summed E-state index contributed by atoms with van der Waals surface area (Å²) in [6, 6.07) is 14.2. The molecule has 0 radical (unpaired) electrons. The first-order valence-corrected chi connectivity index (χ1v) is 8.81. The number of halogens is 2. The van der Waals surface area contributed by atoms with E-state index in [0.717, 1.165) is 55.7 Å². The highest BCUT2D eigenvalue weighted by Crippen LogP contribution is 2.16. The van der Waals surface area contributed by atoms with Gasteiger partial charge in [0.15, 0.2) is 0 Å². The Morgan fingerprint density at radius 3 is 2.30 bits per heavy atom. The largest absolute Gasteiger partial charge is 0.489 e. The van der Waals surface area contributed by atoms with E-state index in [1.807, 2.05) is 12.1 Å². The molecule has 0 bridgehead atoms. The molecule has 1 fully saturated rings. The zero-order valence-electron chi connectivity index (χ0n) is 15.1. The third kappa shape index (κ3) is 6.38. The zero-order valence-corrected chi connectivity index (χ0v) is 15.9. The van der Waals surface area contributed by atoms with E-state index in [0.29, 0.717) is 12.4 Å². The van der Waals surface area contributed by atoms with Gasteiger partial charge in [0.05, 0.1) is 0 Å². The minimum atomic E-state index is -0.273. The quantitative estimate of drug-likeness (QED) is 0.581. The van der Waals surface area contributed by atoms with Crippen LogP contribution in [0, 0.1) is 5.82 Å². The van der Waals surface area contributed by atoms with Crippen LogP contribution < -0.4 is 10.1 Å². The van der Waals surface area contributed by atoms with E-state index in [-0.39, 0.29) is 18.2 Å². The second kappa shape index (κ2) is 10.7. The Balaban J connectivity index is 0.00000261. The van der Waals surface area contributed by atoms with Gasteiger partial charge in [-0.3, -0.25) is 4.79 Å². The highest BCUT2D eigenvalue weighted by molar-refractivity contribution is 5.85. The van der Waals surface area contributed by atoms with Gasteiger partial charge in [0.1, 0.15) is 24.5 Å². The number of rotatable bonds is 7. The summed E-state index contributed by atoms with van der Waals surface area (Å²) in [7, 11) is 0. The van der Waals surface area contributed by atoms with E-state index in [4.69, 9.17) is 4.74 Å². The summed E-state index contributed by atoms with van der Waals surface area (Å²) in [6.45, 7) is 4.15. The van der Waals surface area contributed by atoms with Gasteiger partial charge in [0, 0.05) is 38.3 Å². The summed E-state index contributed by atoms with van der Waals surface area (Å²) in [5.74, 6) is 0.371. The Kier molecular flexibility index (Phi) is 8.30. The fraction of sp³-hybridized carbons (Fsp3) is 0.286. The number of allylic oxidation sites excluding steroid dienone is 2. The summed E-state index contributed by atoms with van der Waals surface area (Å²) in [4.78, 5) is 13.2. The number of nitrogens with one attached hydrogen (secondary N) is 1. The van der Waals surface area contributed by atoms with Gasteiger partial charge in [0.25, 0.3) is 0 Å². The lowest BCUT2D eigenvalue weighted by molar-refractivity contribution is -0.104. The molecule has 1 heterocycles. The summed E-state index contributed by atoms with van der Waals surface area (Å²) in [5, 5.41) is 3.32. The molecular weight excluding hydrogens is 367 g/mol. The standard InChI is InChI=1S/C21H23FN2O2.ClH/c22-19-5-7-21(8-6-19)26-16-18-3-1-17(2-4-18)15-20(9-14-25)24-12-10-23-11-13-24;/h1-9,14,23H,10-13,15-16H2;1H. The fourth-order valence-electron chi connectivity index (χ4n) is 2.97. The number of piperazine rings is 1. The maximum Gasteiger partial charge on any atom is 0.144 e. The highest BCUT2D eigenvalue weighted by Gasteiger charge is 2.13. The first-order valence-electron chi connectivity index (χ1n) is 8.81. The molecule has 1 N–H and O–H groups in total. The van der Waals surface area contributed by atoms with Crippen molar-refractivity contribution in [1.82, 2.24) is 10.2 Å². The van der Waals surface area contributed by atoms with Gasteiger partial charge in [-0.1, -0.05) is 24.3 Å². The molecule has 4 nitrogen and oxygen atoms in total. The summed E-state index contributed by atoms with van der Waals surface area (Å²) in [5.41, 5.74) is 3.25. The van der Waals surface area contributed by atoms with Gasteiger partial charge in [-0.2, -0.15) is 0 Å². The first kappa shape index (κ1) is 20.9. The minimum absolute atomic E-state index is 0. The molecule has 0 unspecified atom stereocenters. The molecule has 2 aromatic carbocycles. The molecule has 1 aliphatic rings. The van der Waals surface area contributed by atoms with Gasteiger partial charge in [0.2, 0.25) is 0 Å².